The van der Waals surface area contributed by atoms with Gasteiger partial charge < -0.3 is 4.98 Å². The van der Waals surface area contributed by atoms with Crippen molar-refractivity contribution in [2.24, 2.45) is 0 Å². The number of pyridine rings is 1. The van der Waals surface area contributed by atoms with E-state index in [2.05, 4.69) is 15.0 Å². The highest BCUT2D eigenvalue weighted by atomic mass is 35.5. The quantitative estimate of drug-likeness (QED) is 0.468. The number of halogens is 2. The Bertz CT molecular complexity index is 1030. The van der Waals surface area contributed by atoms with Gasteiger partial charge in [0, 0.05) is 16.8 Å². The van der Waals surface area contributed by atoms with E-state index >= 15 is 0 Å². The second-order valence-electron chi connectivity index (χ2n) is 5.48. The highest BCUT2D eigenvalue weighted by Gasteiger charge is 2.09. The molecule has 2 heterocycles. The van der Waals surface area contributed by atoms with Gasteiger partial charge in [-0.1, -0.05) is 29.8 Å². The molecule has 0 aliphatic rings. The standard InChI is InChI=1S/C19H13ClFN3S/c20-14-5-3-4-12(18(14)21)11-25-13-7-8-15-17(10-13)24-19(23-15)16-6-1-2-9-22-16/h1-10H,11H2,(H,23,24). The van der Waals surface area contributed by atoms with Crippen LogP contribution in [0.2, 0.25) is 5.02 Å². The highest BCUT2D eigenvalue weighted by molar-refractivity contribution is 7.98. The molecule has 0 bridgehead atoms. The monoisotopic (exact) mass is 369 g/mol. The first-order valence-electron chi connectivity index (χ1n) is 7.67. The molecular formula is C19H13ClFN3S. The molecule has 2 aromatic heterocycles. The molecule has 0 aliphatic carbocycles. The molecule has 0 saturated carbocycles. The van der Waals surface area contributed by atoms with Crippen LogP contribution in [0.15, 0.2) is 65.7 Å². The molecule has 0 saturated heterocycles. The van der Waals surface area contributed by atoms with E-state index in [9.17, 15) is 4.39 Å². The summed E-state index contributed by atoms with van der Waals surface area (Å²) in [6.45, 7) is 0. The number of rotatable bonds is 4. The first-order chi connectivity index (χ1) is 12.2. The van der Waals surface area contributed by atoms with Gasteiger partial charge >= 0.3 is 0 Å². The van der Waals surface area contributed by atoms with Crippen molar-refractivity contribution in [3.8, 4) is 11.5 Å². The van der Waals surface area contributed by atoms with Crippen molar-refractivity contribution in [3.05, 3.63) is 77.2 Å². The zero-order valence-electron chi connectivity index (χ0n) is 13.0. The molecule has 0 unspecified atom stereocenters. The largest absolute Gasteiger partial charge is 0.337 e. The van der Waals surface area contributed by atoms with Crippen LogP contribution in [0.25, 0.3) is 22.6 Å². The van der Waals surface area contributed by atoms with Crippen LogP contribution >= 0.6 is 23.4 Å². The first-order valence-corrected chi connectivity index (χ1v) is 9.04. The minimum atomic E-state index is -0.350. The van der Waals surface area contributed by atoms with Crippen molar-refractivity contribution in [1.29, 1.82) is 0 Å². The minimum Gasteiger partial charge on any atom is -0.337 e. The van der Waals surface area contributed by atoms with Crippen LogP contribution in [0, 0.1) is 5.82 Å². The molecular weight excluding hydrogens is 357 g/mol. The van der Waals surface area contributed by atoms with Gasteiger partial charge in [0.05, 0.1) is 16.1 Å². The number of benzene rings is 2. The molecule has 0 radical (unpaired) electrons. The van der Waals surface area contributed by atoms with Crippen molar-refractivity contribution in [3.63, 3.8) is 0 Å². The van der Waals surface area contributed by atoms with E-state index in [-0.39, 0.29) is 10.8 Å². The Balaban J connectivity index is 1.58. The number of fused-ring (bicyclic) bond motifs is 1. The van der Waals surface area contributed by atoms with Crippen LogP contribution in [0.5, 0.6) is 0 Å². The number of nitrogens with one attached hydrogen (secondary N) is 1. The van der Waals surface area contributed by atoms with E-state index in [0.29, 0.717) is 11.3 Å². The van der Waals surface area contributed by atoms with Gasteiger partial charge in [0.2, 0.25) is 0 Å². The maximum atomic E-state index is 14.0. The predicted octanol–water partition coefficient (Wildman–Crippen LogP) is 5.71. The lowest BCUT2D eigenvalue weighted by molar-refractivity contribution is 0.618. The average Bonchev–Trinajstić information content (AvgIpc) is 3.07. The van der Waals surface area contributed by atoms with Crippen molar-refractivity contribution in [1.82, 2.24) is 15.0 Å². The molecule has 0 aliphatic heterocycles. The molecule has 2 aromatic carbocycles. The van der Waals surface area contributed by atoms with Gasteiger partial charge in [0.1, 0.15) is 11.5 Å². The van der Waals surface area contributed by atoms with Crippen LogP contribution < -0.4 is 0 Å². The van der Waals surface area contributed by atoms with Crippen LogP contribution in [-0.4, -0.2) is 15.0 Å². The topological polar surface area (TPSA) is 41.6 Å². The molecule has 0 amide bonds. The minimum absolute atomic E-state index is 0.155. The van der Waals surface area contributed by atoms with E-state index in [1.54, 1.807) is 36.2 Å². The van der Waals surface area contributed by atoms with Crippen LogP contribution in [0.4, 0.5) is 4.39 Å². The van der Waals surface area contributed by atoms with Gasteiger partial charge in [-0.3, -0.25) is 4.98 Å². The van der Waals surface area contributed by atoms with E-state index in [1.807, 2.05) is 36.4 Å². The molecule has 25 heavy (non-hydrogen) atoms. The summed E-state index contributed by atoms with van der Waals surface area (Å²) >= 11 is 7.39. The number of aromatic nitrogens is 3. The zero-order chi connectivity index (χ0) is 17.2. The van der Waals surface area contributed by atoms with Gasteiger partial charge in [-0.2, -0.15) is 0 Å². The molecule has 0 spiro atoms. The third-order valence-corrected chi connectivity index (χ3v) is 5.12. The fraction of sp³-hybridized carbons (Fsp3) is 0.0526. The molecule has 0 atom stereocenters. The van der Waals surface area contributed by atoms with Crippen molar-refractivity contribution in [2.75, 3.05) is 0 Å². The Morgan fingerprint density at radius 1 is 1.08 bits per heavy atom. The number of H-pyrrole nitrogens is 1. The number of hydrogen-bond acceptors (Lipinski definition) is 3. The Morgan fingerprint density at radius 3 is 2.84 bits per heavy atom. The molecule has 3 nitrogen and oxygen atoms in total. The normalized spacial score (nSPS) is 11.1. The van der Waals surface area contributed by atoms with E-state index in [0.717, 1.165) is 27.4 Å². The Hall–Kier alpha value is -2.37. The summed E-state index contributed by atoms with van der Waals surface area (Å²) in [6.07, 6.45) is 1.74. The van der Waals surface area contributed by atoms with Crippen LogP contribution in [-0.2, 0) is 5.75 Å². The lowest BCUT2D eigenvalue weighted by Crippen LogP contribution is -1.88. The Morgan fingerprint density at radius 2 is 2.00 bits per heavy atom. The fourth-order valence-electron chi connectivity index (χ4n) is 2.52. The molecule has 1 N–H and O–H groups in total. The van der Waals surface area contributed by atoms with Crippen LogP contribution in [0.1, 0.15) is 5.56 Å². The van der Waals surface area contributed by atoms with Crippen LogP contribution in [0.3, 0.4) is 0 Å². The first kappa shape index (κ1) is 16.1. The maximum absolute atomic E-state index is 14.0. The summed E-state index contributed by atoms with van der Waals surface area (Å²) in [5, 5.41) is 0.155. The van der Waals surface area contributed by atoms with Gasteiger partial charge in [-0.05, 0) is 42.0 Å². The molecule has 4 aromatic rings. The summed E-state index contributed by atoms with van der Waals surface area (Å²) < 4.78 is 14.0. The highest BCUT2D eigenvalue weighted by Crippen LogP contribution is 2.29. The Kier molecular flexibility index (Phi) is 4.42. The molecule has 124 valence electrons. The van der Waals surface area contributed by atoms with Gasteiger partial charge in [-0.25, -0.2) is 9.37 Å². The van der Waals surface area contributed by atoms with Gasteiger partial charge in [0.25, 0.3) is 0 Å². The number of imidazole rings is 1. The third-order valence-electron chi connectivity index (χ3n) is 3.79. The van der Waals surface area contributed by atoms with Crippen molar-refractivity contribution >= 4 is 34.4 Å². The third kappa shape index (κ3) is 3.38. The predicted molar refractivity (Wildman–Crippen MR) is 100 cm³/mol. The number of hydrogen-bond donors (Lipinski definition) is 1. The second-order valence-corrected chi connectivity index (χ2v) is 6.94. The number of aromatic amines is 1. The lowest BCUT2D eigenvalue weighted by atomic mass is 10.2. The SMILES string of the molecule is Fc1c(Cl)cccc1CSc1ccc2nc(-c3ccccn3)[nH]c2c1. The molecule has 0 fully saturated rings. The van der Waals surface area contributed by atoms with Gasteiger partial charge in [-0.15, -0.1) is 11.8 Å². The van der Waals surface area contributed by atoms with E-state index in [4.69, 9.17) is 11.6 Å². The second kappa shape index (κ2) is 6.86. The summed E-state index contributed by atoms with van der Waals surface area (Å²) in [4.78, 5) is 13.2. The fourth-order valence-corrected chi connectivity index (χ4v) is 3.63. The Labute approximate surface area is 153 Å². The maximum Gasteiger partial charge on any atom is 0.157 e. The number of nitrogens with zero attached hydrogens (tertiary/aromatic N) is 2. The summed E-state index contributed by atoms with van der Waals surface area (Å²) in [7, 11) is 0. The smallest absolute Gasteiger partial charge is 0.157 e. The van der Waals surface area contributed by atoms with E-state index in [1.165, 1.54) is 0 Å². The summed E-state index contributed by atoms with van der Waals surface area (Å²) in [6, 6.07) is 16.7. The summed E-state index contributed by atoms with van der Waals surface area (Å²) in [5.41, 5.74) is 3.20. The molecule has 6 heteroatoms. The number of thioether (sulfide) groups is 1. The van der Waals surface area contributed by atoms with Gasteiger partial charge in [0.15, 0.2) is 5.82 Å². The van der Waals surface area contributed by atoms with E-state index < -0.39 is 0 Å². The lowest BCUT2D eigenvalue weighted by Gasteiger charge is -2.04. The van der Waals surface area contributed by atoms with Crippen molar-refractivity contribution < 1.29 is 4.39 Å². The van der Waals surface area contributed by atoms with Crippen molar-refractivity contribution in [2.45, 2.75) is 10.6 Å². The summed E-state index contributed by atoms with van der Waals surface area (Å²) in [5.74, 6) is 0.898. The zero-order valence-corrected chi connectivity index (χ0v) is 14.6. The molecule has 4 rings (SSSR count). The average molecular weight is 370 g/mol.